The zero-order valence-electron chi connectivity index (χ0n) is 11.0. The molecule has 1 amide bonds. The molecule has 6 nitrogen and oxygen atoms in total. The molecule has 0 saturated carbocycles. The zero-order valence-corrected chi connectivity index (χ0v) is 11.0. The molecule has 102 valence electrons. The van der Waals surface area contributed by atoms with E-state index < -0.39 is 23.3 Å². The van der Waals surface area contributed by atoms with Crippen LogP contribution in [0.4, 0.5) is 0 Å². The fourth-order valence-electron chi connectivity index (χ4n) is 1.59. The third-order valence-corrected chi connectivity index (χ3v) is 2.59. The summed E-state index contributed by atoms with van der Waals surface area (Å²) in [6.07, 6.45) is 1.25. The number of ether oxygens (including phenoxy) is 2. The minimum absolute atomic E-state index is 0.381. The monoisotopic (exact) mass is 257 g/mol. The number of carboxylic acid groups (broad SMARTS) is 1. The van der Waals surface area contributed by atoms with Crippen LogP contribution in [0.15, 0.2) is 12.3 Å². The summed E-state index contributed by atoms with van der Waals surface area (Å²) in [7, 11) is 0. The van der Waals surface area contributed by atoms with Gasteiger partial charge in [0.15, 0.2) is 5.79 Å². The van der Waals surface area contributed by atoms with Crippen LogP contribution in [0.2, 0.25) is 0 Å². The first-order chi connectivity index (χ1) is 8.14. The van der Waals surface area contributed by atoms with Gasteiger partial charge in [-0.3, -0.25) is 4.79 Å². The van der Waals surface area contributed by atoms with E-state index in [4.69, 9.17) is 14.6 Å². The van der Waals surface area contributed by atoms with Crippen LogP contribution in [0, 0.1) is 5.41 Å². The minimum atomic E-state index is -1.12. The van der Waals surface area contributed by atoms with Crippen molar-refractivity contribution in [3.05, 3.63) is 12.3 Å². The zero-order chi connectivity index (χ0) is 14.0. The van der Waals surface area contributed by atoms with Gasteiger partial charge >= 0.3 is 5.97 Å². The average molecular weight is 257 g/mol. The second-order valence-electron chi connectivity index (χ2n) is 5.36. The van der Waals surface area contributed by atoms with Gasteiger partial charge in [-0.1, -0.05) is 13.8 Å². The molecular formula is C12H19NO5. The maximum atomic E-state index is 11.9. The molecule has 2 N–H and O–H groups in total. The summed E-state index contributed by atoms with van der Waals surface area (Å²) in [5, 5.41) is 10.8. The van der Waals surface area contributed by atoms with Gasteiger partial charge in [0, 0.05) is 17.7 Å². The highest BCUT2D eigenvalue weighted by Gasteiger charge is 2.45. The van der Waals surface area contributed by atoms with Gasteiger partial charge in [0.1, 0.15) is 6.10 Å². The molecule has 0 aromatic heterocycles. The van der Waals surface area contributed by atoms with Gasteiger partial charge < -0.3 is 19.9 Å². The maximum Gasteiger partial charge on any atom is 0.329 e. The summed E-state index contributed by atoms with van der Waals surface area (Å²) in [6.45, 7) is 7.56. The summed E-state index contributed by atoms with van der Waals surface area (Å²) in [5.41, 5.74) is -0.476. The lowest BCUT2D eigenvalue weighted by Gasteiger charge is -2.44. The van der Waals surface area contributed by atoms with Gasteiger partial charge in [0.2, 0.25) is 0 Å². The third-order valence-electron chi connectivity index (χ3n) is 2.59. The average Bonchev–Trinajstić information content (AvgIpc) is 2.21. The first kappa shape index (κ1) is 14.7. The van der Waals surface area contributed by atoms with E-state index in [2.05, 4.69) is 5.32 Å². The Morgan fingerprint density at radius 2 is 1.94 bits per heavy atom. The highest BCUT2D eigenvalue weighted by Crippen LogP contribution is 2.34. The van der Waals surface area contributed by atoms with Crippen molar-refractivity contribution >= 4 is 11.9 Å². The van der Waals surface area contributed by atoms with Crippen LogP contribution in [-0.2, 0) is 19.1 Å². The van der Waals surface area contributed by atoms with Crippen LogP contribution in [0.3, 0.4) is 0 Å². The number of carboxylic acids is 1. The standard InChI is InChI=1S/C12H19NO5/c1-11(2)7-17-12(3,4)18-9(11)10(16)13-6-5-8(14)15/h5-6,9H,7H2,1-4H3,(H,13,16)(H,14,15)/b6-5+. The summed E-state index contributed by atoms with van der Waals surface area (Å²) in [5.74, 6) is -2.33. The molecule has 0 aliphatic carbocycles. The van der Waals surface area contributed by atoms with Crippen LogP contribution in [0.5, 0.6) is 0 Å². The van der Waals surface area contributed by atoms with E-state index in [1.54, 1.807) is 13.8 Å². The quantitative estimate of drug-likeness (QED) is 0.733. The molecule has 1 unspecified atom stereocenters. The molecular weight excluding hydrogens is 238 g/mol. The van der Waals surface area contributed by atoms with E-state index in [1.807, 2.05) is 13.8 Å². The van der Waals surface area contributed by atoms with Crippen molar-refractivity contribution in [1.82, 2.24) is 5.32 Å². The molecule has 1 heterocycles. The molecule has 0 aromatic carbocycles. The Morgan fingerprint density at radius 3 is 2.50 bits per heavy atom. The number of carbonyl (C=O) groups is 2. The molecule has 0 radical (unpaired) electrons. The molecule has 1 aliphatic rings. The number of nitrogens with one attached hydrogen (secondary N) is 1. The van der Waals surface area contributed by atoms with E-state index in [-0.39, 0.29) is 5.91 Å². The van der Waals surface area contributed by atoms with Gasteiger partial charge in [0.05, 0.1) is 6.61 Å². The van der Waals surface area contributed by atoms with Crippen LogP contribution < -0.4 is 5.32 Å². The molecule has 1 atom stereocenters. The molecule has 0 spiro atoms. The predicted octanol–water partition coefficient (Wildman–Crippen LogP) is 0.879. The summed E-state index contributed by atoms with van der Waals surface area (Å²) >= 11 is 0. The Bertz CT molecular complexity index is 373. The van der Waals surface area contributed by atoms with Gasteiger partial charge in [-0.25, -0.2) is 4.79 Å². The summed E-state index contributed by atoms with van der Waals surface area (Å²) < 4.78 is 11.1. The van der Waals surface area contributed by atoms with Crippen molar-refractivity contribution in [2.24, 2.45) is 5.41 Å². The van der Waals surface area contributed by atoms with Gasteiger partial charge in [-0.2, -0.15) is 0 Å². The normalized spacial score (nSPS) is 25.9. The number of amides is 1. The highest BCUT2D eigenvalue weighted by molar-refractivity contribution is 5.85. The lowest BCUT2D eigenvalue weighted by molar-refractivity contribution is -0.303. The van der Waals surface area contributed by atoms with Crippen LogP contribution in [0.1, 0.15) is 27.7 Å². The first-order valence-electron chi connectivity index (χ1n) is 5.66. The van der Waals surface area contributed by atoms with Crippen molar-refractivity contribution in [3.8, 4) is 0 Å². The Kier molecular flexibility index (Phi) is 4.13. The van der Waals surface area contributed by atoms with E-state index in [1.165, 1.54) is 0 Å². The fourth-order valence-corrected chi connectivity index (χ4v) is 1.59. The van der Waals surface area contributed by atoms with Crippen molar-refractivity contribution < 1.29 is 24.2 Å². The smallest absolute Gasteiger partial charge is 0.329 e. The topological polar surface area (TPSA) is 84.9 Å². The number of aliphatic carboxylic acids is 1. The second kappa shape index (κ2) is 5.07. The molecule has 6 heteroatoms. The van der Waals surface area contributed by atoms with Crippen LogP contribution >= 0.6 is 0 Å². The maximum absolute atomic E-state index is 11.9. The van der Waals surface area contributed by atoms with Crippen LogP contribution in [0.25, 0.3) is 0 Å². The molecule has 18 heavy (non-hydrogen) atoms. The van der Waals surface area contributed by atoms with Crippen molar-refractivity contribution in [1.29, 1.82) is 0 Å². The fraction of sp³-hybridized carbons (Fsp3) is 0.667. The molecule has 1 saturated heterocycles. The first-order valence-corrected chi connectivity index (χ1v) is 5.66. The lowest BCUT2D eigenvalue weighted by atomic mass is 9.85. The molecule has 0 aromatic rings. The summed E-state index contributed by atoms with van der Waals surface area (Å²) in [4.78, 5) is 22.2. The Hall–Kier alpha value is -1.40. The van der Waals surface area contributed by atoms with Gasteiger partial charge in [0.25, 0.3) is 5.91 Å². The molecule has 0 bridgehead atoms. The highest BCUT2D eigenvalue weighted by atomic mass is 16.7. The third kappa shape index (κ3) is 3.82. The molecule has 1 rings (SSSR count). The number of rotatable bonds is 3. The largest absolute Gasteiger partial charge is 0.478 e. The predicted molar refractivity (Wildman–Crippen MR) is 63.6 cm³/mol. The van der Waals surface area contributed by atoms with E-state index in [0.717, 1.165) is 12.3 Å². The Balaban J connectivity index is 2.72. The van der Waals surface area contributed by atoms with Crippen molar-refractivity contribution in [2.75, 3.05) is 6.61 Å². The van der Waals surface area contributed by atoms with Gasteiger partial charge in [-0.05, 0) is 13.8 Å². The summed E-state index contributed by atoms with van der Waals surface area (Å²) in [6, 6.07) is 0. The molecule has 1 aliphatic heterocycles. The van der Waals surface area contributed by atoms with E-state index in [9.17, 15) is 9.59 Å². The van der Waals surface area contributed by atoms with Crippen LogP contribution in [-0.4, -0.2) is 35.5 Å². The number of hydrogen-bond acceptors (Lipinski definition) is 4. The van der Waals surface area contributed by atoms with Crippen molar-refractivity contribution in [2.45, 2.75) is 39.6 Å². The number of hydrogen-bond donors (Lipinski definition) is 2. The van der Waals surface area contributed by atoms with E-state index in [0.29, 0.717) is 6.61 Å². The van der Waals surface area contributed by atoms with E-state index >= 15 is 0 Å². The Morgan fingerprint density at radius 1 is 1.33 bits per heavy atom. The van der Waals surface area contributed by atoms with Gasteiger partial charge in [-0.15, -0.1) is 0 Å². The second-order valence-corrected chi connectivity index (χ2v) is 5.36. The Labute approximate surface area is 106 Å². The number of carbonyl (C=O) groups excluding carboxylic acids is 1. The molecule has 1 fully saturated rings. The SMILES string of the molecule is CC1(C)OCC(C)(C)C(C(=O)N/C=C/C(=O)O)O1. The van der Waals surface area contributed by atoms with Crippen molar-refractivity contribution in [3.63, 3.8) is 0 Å². The minimum Gasteiger partial charge on any atom is -0.478 e. The lowest BCUT2D eigenvalue weighted by Crippen LogP contribution is -2.55.